The summed E-state index contributed by atoms with van der Waals surface area (Å²) in [5, 5.41) is 0. The molecule has 2 N–H and O–H groups in total. The molecule has 0 fully saturated rings. The van der Waals surface area contributed by atoms with Crippen molar-refractivity contribution in [2.75, 3.05) is 6.54 Å². The van der Waals surface area contributed by atoms with Crippen LogP contribution in [0.2, 0.25) is 0 Å². The number of hydrogen-bond donors (Lipinski definition) is 1. The van der Waals surface area contributed by atoms with E-state index >= 15 is 0 Å². The van der Waals surface area contributed by atoms with E-state index in [1.165, 1.54) is 0 Å². The average molecular weight is 180 g/mol. The predicted molar refractivity (Wildman–Crippen MR) is 52.6 cm³/mol. The first kappa shape index (κ1) is 9.84. The van der Waals surface area contributed by atoms with Crippen molar-refractivity contribution < 1.29 is 4.79 Å². The van der Waals surface area contributed by atoms with E-state index < -0.39 is 0 Å². The van der Waals surface area contributed by atoms with Gasteiger partial charge in [-0.05, 0) is 12.2 Å². The summed E-state index contributed by atoms with van der Waals surface area (Å²) in [5.74, 6) is 0.0970. The summed E-state index contributed by atoms with van der Waals surface area (Å²) in [5.41, 5.74) is 6.00. The van der Waals surface area contributed by atoms with E-state index in [-0.39, 0.29) is 11.3 Å². The van der Waals surface area contributed by atoms with Crippen molar-refractivity contribution in [3.63, 3.8) is 0 Å². The Kier molecular flexibility index (Phi) is 2.45. The summed E-state index contributed by atoms with van der Waals surface area (Å²) < 4.78 is 0. The molecular formula is C10H16N2O. The first-order valence-corrected chi connectivity index (χ1v) is 4.35. The third kappa shape index (κ3) is 2.34. The van der Waals surface area contributed by atoms with E-state index in [1.54, 1.807) is 17.2 Å². The van der Waals surface area contributed by atoms with Crippen LogP contribution in [0, 0.1) is 5.41 Å². The zero-order chi connectivity index (χ0) is 10.1. The van der Waals surface area contributed by atoms with Crippen LogP contribution in [0.5, 0.6) is 0 Å². The standard InChI is InChI=1S/C10H16N2O/c1-10(2,3)9(13)12-6-4-5-8(11)7-12/h4-6H,7,11H2,1-3H3. The summed E-state index contributed by atoms with van der Waals surface area (Å²) in [6, 6.07) is 0. The second-order valence-corrected chi connectivity index (χ2v) is 4.27. The fourth-order valence-electron chi connectivity index (χ4n) is 1.14. The highest BCUT2D eigenvalue weighted by atomic mass is 16.2. The molecule has 13 heavy (non-hydrogen) atoms. The van der Waals surface area contributed by atoms with E-state index in [0.717, 1.165) is 5.70 Å². The predicted octanol–water partition coefficient (Wildman–Crippen LogP) is 1.23. The van der Waals surface area contributed by atoms with Gasteiger partial charge in [0.25, 0.3) is 0 Å². The highest BCUT2D eigenvalue weighted by Gasteiger charge is 2.26. The lowest BCUT2D eigenvalue weighted by molar-refractivity contribution is -0.136. The third-order valence-corrected chi connectivity index (χ3v) is 1.83. The molecule has 3 nitrogen and oxygen atoms in total. The zero-order valence-corrected chi connectivity index (χ0v) is 8.37. The molecule has 0 spiro atoms. The van der Waals surface area contributed by atoms with Crippen LogP contribution in [-0.2, 0) is 4.79 Å². The maximum atomic E-state index is 11.8. The normalized spacial score (nSPS) is 17.2. The molecule has 0 saturated carbocycles. The van der Waals surface area contributed by atoms with Gasteiger partial charge < -0.3 is 10.6 Å². The van der Waals surface area contributed by atoms with Gasteiger partial charge in [-0.2, -0.15) is 0 Å². The van der Waals surface area contributed by atoms with Crippen molar-refractivity contribution in [3.8, 4) is 0 Å². The summed E-state index contributed by atoms with van der Waals surface area (Å²) in [6.07, 6.45) is 5.37. The van der Waals surface area contributed by atoms with Crippen molar-refractivity contribution in [1.29, 1.82) is 0 Å². The molecule has 0 unspecified atom stereocenters. The summed E-state index contributed by atoms with van der Waals surface area (Å²) in [4.78, 5) is 13.4. The number of nitrogens with two attached hydrogens (primary N) is 1. The van der Waals surface area contributed by atoms with Gasteiger partial charge in [-0.1, -0.05) is 20.8 Å². The van der Waals surface area contributed by atoms with Gasteiger partial charge in [-0.15, -0.1) is 0 Å². The van der Waals surface area contributed by atoms with E-state index in [4.69, 9.17) is 5.73 Å². The second kappa shape index (κ2) is 3.24. The Labute approximate surface area is 78.9 Å². The molecule has 1 amide bonds. The van der Waals surface area contributed by atoms with E-state index in [9.17, 15) is 4.79 Å². The largest absolute Gasteiger partial charge is 0.401 e. The van der Waals surface area contributed by atoms with Crippen LogP contribution < -0.4 is 5.73 Å². The van der Waals surface area contributed by atoms with Crippen LogP contribution in [0.25, 0.3) is 0 Å². The van der Waals surface area contributed by atoms with Crippen LogP contribution in [-0.4, -0.2) is 17.4 Å². The summed E-state index contributed by atoms with van der Waals surface area (Å²) >= 11 is 0. The van der Waals surface area contributed by atoms with E-state index in [2.05, 4.69) is 0 Å². The zero-order valence-electron chi connectivity index (χ0n) is 8.37. The minimum absolute atomic E-state index is 0.0970. The number of rotatable bonds is 0. The smallest absolute Gasteiger partial charge is 0.232 e. The molecule has 72 valence electrons. The number of carbonyl (C=O) groups is 1. The fraction of sp³-hybridized carbons (Fsp3) is 0.500. The van der Waals surface area contributed by atoms with Crippen molar-refractivity contribution in [1.82, 2.24) is 4.90 Å². The minimum atomic E-state index is -0.345. The van der Waals surface area contributed by atoms with Gasteiger partial charge in [0.15, 0.2) is 0 Å². The van der Waals surface area contributed by atoms with Gasteiger partial charge in [0, 0.05) is 17.3 Å². The Hall–Kier alpha value is -1.25. The molecule has 0 aromatic rings. The lowest BCUT2D eigenvalue weighted by atomic mass is 9.94. The minimum Gasteiger partial charge on any atom is -0.401 e. The van der Waals surface area contributed by atoms with E-state index in [1.807, 2.05) is 26.8 Å². The molecule has 0 aliphatic carbocycles. The maximum Gasteiger partial charge on any atom is 0.232 e. The van der Waals surface area contributed by atoms with Crippen molar-refractivity contribution >= 4 is 5.91 Å². The average Bonchev–Trinajstić information content (AvgIpc) is 2.01. The van der Waals surface area contributed by atoms with Gasteiger partial charge in [0.2, 0.25) is 5.91 Å². The lowest BCUT2D eigenvalue weighted by Crippen LogP contribution is -2.38. The van der Waals surface area contributed by atoms with Gasteiger partial charge in [0.1, 0.15) is 0 Å². The molecule has 0 bridgehead atoms. The molecule has 1 heterocycles. The topological polar surface area (TPSA) is 46.3 Å². The molecule has 1 aliphatic rings. The van der Waals surface area contributed by atoms with Crippen LogP contribution in [0.3, 0.4) is 0 Å². The van der Waals surface area contributed by atoms with Crippen molar-refractivity contribution in [3.05, 3.63) is 24.0 Å². The SMILES string of the molecule is CC(C)(C)C(=O)N1C=CC=C(N)C1. The molecule has 0 aromatic heterocycles. The Morgan fingerprint density at radius 1 is 1.54 bits per heavy atom. The van der Waals surface area contributed by atoms with Crippen molar-refractivity contribution in [2.45, 2.75) is 20.8 Å². The molecule has 0 aromatic carbocycles. The quantitative estimate of drug-likeness (QED) is 0.609. The van der Waals surface area contributed by atoms with Gasteiger partial charge >= 0.3 is 0 Å². The molecule has 0 saturated heterocycles. The number of allylic oxidation sites excluding steroid dienone is 2. The number of amides is 1. The number of hydrogen-bond acceptors (Lipinski definition) is 2. The number of nitrogens with zero attached hydrogens (tertiary/aromatic N) is 1. The monoisotopic (exact) mass is 180 g/mol. The van der Waals surface area contributed by atoms with Crippen molar-refractivity contribution in [2.24, 2.45) is 11.1 Å². The fourth-order valence-corrected chi connectivity index (χ4v) is 1.14. The van der Waals surface area contributed by atoms with Crippen LogP contribution >= 0.6 is 0 Å². The molecular weight excluding hydrogens is 164 g/mol. The van der Waals surface area contributed by atoms with E-state index in [0.29, 0.717) is 6.54 Å². The Balaban J connectivity index is 2.72. The Bertz CT molecular complexity index is 271. The summed E-state index contributed by atoms with van der Waals surface area (Å²) in [7, 11) is 0. The first-order valence-electron chi connectivity index (χ1n) is 4.35. The molecule has 0 radical (unpaired) electrons. The van der Waals surface area contributed by atoms with Gasteiger partial charge in [-0.25, -0.2) is 0 Å². The lowest BCUT2D eigenvalue weighted by Gasteiger charge is -2.28. The van der Waals surface area contributed by atoms with Crippen LogP contribution in [0.15, 0.2) is 24.0 Å². The molecule has 1 aliphatic heterocycles. The number of carbonyl (C=O) groups excluding carboxylic acids is 1. The molecule has 3 heteroatoms. The van der Waals surface area contributed by atoms with Gasteiger partial charge in [0.05, 0.1) is 6.54 Å². The Morgan fingerprint density at radius 3 is 2.62 bits per heavy atom. The Morgan fingerprint density at radius 2 is 2.15 bits per heavy atom. The highest BCUT2D eigenvalue weighted by molar-refractivity contribution is 5.82. The molecule has 0 atom stereocenters. The highest BCUT2D eigenvalue weighted by Crippen LogP contribution is 2.19. The molecule has 1 rings (SSSR count). The van der Waals surface area contributed by atoms with Crippen LogP contribution in [0.1, 0.15) is 20.8 Å². The summed E-state index contributed by atoms with van der Waals surface area (Å²) in [6.45, 7) is 6.21. The maximum absolute atomic E-state index is 11.8. The first-order chi connectivity index (χ1) is 5.91. The van der Waals surface area contributed by atoms with Gasteiger partial charge in [-0.3, -0.25) is 4.79 Å². The van der Waals surface area contributed by atoms with Crippen LogP contribution in [0.4, 0.5) is 0 Å². The third-order valence-electron chi connectivity index (χ3n) is 1.83. The second-order valence-electron chi connectivity index (χ2n) is 4.27.